The molecule has 16 heteroatoms. The zero-order chi connectivity index (χ0) is 40.7. The van der Waals surface area contributed by atoms with Crippen LogP contribution in [0.2, 0.25) is 0 Å². The van der Waals surface area contributed by atoms with E-state index in [1.165, 1.54) is 4.90 Å². The van der Waals surface area contributed by atoms with Crippen LogP contribution in [0.1, 0.15) is 83.5 Å². The SMILES string of the molecule is O=C(N[C@H]1CCCCCC=C[C@@H]2C[C@@]2(C(=O)NS(=O)(=O)C2CC2)NC(=O)[C@@H]2C[C@@H](Oc3cc(-c4ccccc4)nc4nc5ccccc5n34)CN2C1=O)OC1CCCC1. The van der Waals surface area contributed by atoms with Crippen LogP contribution in [0, 0.1) is 5.92 Å². The molecule has 5 atom stereocenters. The highest BCUT2D eigenvalue weighted by Crippen LogP contribution is 2.46. The van der Waals surface area contributed by atoms with E-state index in [2.05, 4.69) is 15.4 Å². The molecule has 9 rings (SSSR count). The summed E-state index contributed by atoms with van der Waals surface area (Å²) in [4.78, 5) is 67.6. The van der Waals surface area contributed by atoms with E-state index < -0.39 is 68.7 Å². The van der Waals surface area contributed by atoms with Crippen LogP contribution in [-0.2, 0) is 29.1 Å². The van der Waals surface area contributed by atoms with Gasteiger partial charge >= 0.3 is 6.09 Å². The van der Waals surface area contributed by atoms with Crippen molar-refractivity contribution in [1.29, 1.82) is 0 Å². The van der Waals surface area contributed by atoms with Crippen molar-refractivity contribution in [2.24, 2.45) is 5.92 Å². The lowest BCUT2D eigenvalue weighted by atomic mass is 10.0. The maximum absolute atomic E-state index is 14.8. The zero-order valence-corrected chi connectivity index (χ0v) is 33.6. The van der Waals surface area contributed by atoms with E-state index in [0.29, 0.717) is 55.0 Å². The molecule has 0 bridgehead atoms. The number of imidazole rings is 1. The highest BCUT2D eigenvalue weighted by Gasteiger charge is 2.62. The van der Waals surface area contributed by atoms with Gasteiger partial charge in [0.25, 0.3) is 5.91 Å². The van der Waals surface area contributed by atoms with Gasteiger partial charge in [-0.2, -0.15) is 0 Å². The number of para-hydroxylation sites is 2. The minimum atomic E-state index is -3.90. The van der Waals surface area contributed by atoms with E-state index in [9.17, 15) is 27.6 Å². The van der Waals surface area contributed by atoms with Gasteiger partial charge in [-0.05, 0) is 76.3 Å². The number of carbonyl (C=O) groups is 4. The molecule has 59 heavy (non-hydrogen) atoms. The lowest BCUT2D eigenvalue weighted by molar-refractivity contribution is -0.141. The number of nitrogens with one attached hydrogen (secondary N) is 3. The Morgan fingerprint density at radius 2 is 1.64 bits per heavy atom. The van der Waals surface area contributed by atoms with Crippen LogP contribution in [0.5, 0.6) is 5.88 Å². The summed E-state index contributed by atoms with van der Waals surface area (Å²) in [6, 6.07) is 16.9. The Balaban J connectivity index is 1.05. The number of hydrogen-bond acceptors (Lipinski definition) is 10. The van der Waals surface area contributed by atoms with E-state index in [0.717, 1.165) is 49.6 Å². The first-order chi connectivity index (χ1) is 28.6. The maximum Gasteiger partial charge on any atom is 0.408 e. The minimum absolute atomic E-state index is 0.0114. The van der Waals surface area contributed by atoms with Crippen LogP contribution in [0.25, 0.3) is 28.1 Å². The minimum Gasteiger partial charge on any atom is -0.473 e. The standard InChI is InChI=1S/C43H49N7O8S/c51-38-36-23-30(57-37-24-34(27-13-5-4-6-14-27)45-41-44-32-18-11-12-20-35(32)50(37)41)26-49(36)39(52)33(46-42(54)58-29-16-9-10-17-29)19-8-3-1-2-7-15-28-25-43(28,47-38)40(53)48-59(55,56)31-21-22-31/h4-7,11-15,18,20,24,28-31,33,36H,1-3,8-10,16-17,19,21-23,25-26H2,(H,46,54)(H,47,51)(H,48,53)/t28-,30-,33+,36+,43-/m1/s1. The smallest absolute Gasteiger partial charge is 0.408 e. The molecule has 1 saturated heterocycles. The quantitative estimate of drug-likeness (QED) is 0.205. The van der Waals surface area contributed by atoms with Crippen molar-refractivity contribution in [1.82, 2.24) is 34.6 Å². The highest BCUT2D eigenvalue weighted by molar-refractivity contribution is 7.91. The topological polar surface area (TPSA) is 190 Å². The Labute approximate surface area is 342 Å². The molecule has 4 amide bonds. The van der Waals surface area contributed by atoms with Crippen LogP contribution in [0.3, 0.4) is 0 Å². The third kappa shape index (κ3) is 8.10. The van der Waals surface area contributed by atoms with Crippen molar-refractivity contribution in [2.75, 3.05) is 6.54 Å². The molecule has 0 unspecified atom stereocenters. The van der Waals surface area contributed by atoms with Gasteiger partial charge in [0.1, 0.15) is 29.8 Å². The third-order valence-electron chi connectivity index (χ3n) is 12.3. The summed E-state index contributed by atoms with van der Waals surface area (Å²) < 4.78 is 42.5. The first-order valence-electron chi connectivity index (χ1n) is 20.9. The largest absolute Gasteiger partial charge is 0.473 e. The van der Waals surface area contributed by atoms with Crippen LogP contribution < -0.4 is 20.1 Å². The van der Waals surface area contributed by atoms with Gasteiger partial charge in [-0.1, -0.05) is 67.5 Å². The average Bonchev–Trinajstić information content (AvgIpc) is 4.03. The number of alkyl carbamates (subject to hydrolysis) is 1. The van der Waals surface area contributed by atoms with Gasteiger partial charge in [0.15, 0.2) is 0 Å². The van der Waals surface area contributed by atoms with E-state index in [1.807, 2.05) is 77.2 Å². The van der Waals surface area contributed by atoms with Gasteiger partial charge in [-0.3, -0.25) is 19.1 Å². The lowest BCUT2D eigenvalue weighted by Gasteiger charge is -2.30. The number of carbonyl (C=O) groups excluding carboxylic acids is 4. The molecule has 0 spiro atoms. The Kier molecular flexibility index (Phi) is 10.5. The van der Waals surface area contributed by atoms with Gasteiger partial charge in [0.05, 0.1) is 28.5 Å². The Bertz CT molecular complexity index is 2410. The number of nitrogens with zero attached hydrogens (tertiary/aromatic N) is 4. The van der Waals surface area contributed by atoms with Crippen molar-refractivity contribution in [3.8, 4) is 17.1 Å². The fraction of sp³-hybridized carbons (Fsp3) is 0.488. The first kappa shape index (κ1) is 39.0. The predicted molar refractivity (Wildman–Crippen MR) is 217 cm³/mol. The monoisotopic (exact) mass is 823 g/mol. The normalized spacial score (nSPS) is 26.7. The van der Waals surface area contributed by atoms with E-state index >= 15 is 0 Å². The molecule has 5 aliphatic rings. The van der Waals surface area contributed by atoms with Crippen LogP contribution in [0.4, 0.5) is 4.79 Å². The van der Waals surface area contributed by atoms with Gasteiger partial charge in [0.2, 0.25) is 33.5 Å². The van der Waals surface area contributed by atoms with Gasteiger partial charge in [0, 0.05) is 24.0 Å². The summed E-state index contributed by atoms with van der Waals surface area (Å²) in [6.45, 7) is -0.0114. The van der Waals surface area contributed by atoms with Crippen LogP contribution in [-0.4, -0.2) is 93.1 Å². The van der Waals surface area contributed by atoms with Gasteiger partial charge in [-0.15, -0.1) is 0 Å². The van der Waals surface area contributed by atoms with Crippen LogP contribution >= 0.6 is 0 Å². The van der Waals surface area contributed by atoms with Crippen molar-refractivity contribution in [2.45, 2.75) is 119 Å². The van der Waals surface area contributed by atoms with Gasteiger partial charge in [-0.25, -0.2) is 27.6 Å². The number of benzene rings is 2. The number of sulfonamides is 1. The van der Waals surface area contributed by atoms with Crippen molar-refractivity contribution in [3.05, 3.63) is 72.8 Å². The Morgan fingerprint density at radius 3 is 2.44 bits per heavy atom. The molecule has 310 valence electrons. The first-order valence-corrected chi connectivity index (χ1v) is 22.5. The maximum atomic E-state index is 14.8. The molecule has 4 heterocycles. The second-order valence-corrected chi connectivity index (χ2v) is 18.5. The zero-order valence-electron chi connectivity index (χ0n) is 32.8. The predicted octanol–water partition coefficient (Wildman–Crippen LogP) is 4.94. The number of rotatable bonds is 8. The Morgan fingerprint density at radius 1 is 0.881 bits per heavy atom. The third-order valence-corrected chi connectivity index (χ3v) is 14.1. The molecule has 4 aromatic rings. The second-order valence-electron chi connectivity index (χ2n) is 16.6. The van der Waals surface area contributed by atoms with Crippen molar-refractivity contribution < 1.29 is 37.1 Å². The number of fused-ring (bicyclic) bond motifs is 5. The van der Waals surface area contributed by atoms with Crippen LogP contribution in [0.15, 0.2) is 72.8 Å². The number of ether oxygens (including phenoxy) is 2. The molecule has 3 aliphatic carbocycles. The summed E-state index contributed by atoms with van der Waals surface area (Å²) in [6.07, 6.45) is 10.2. The summed E-state index contributed by atoms with van der Waals surface area (Å²) in [5, 5.41) is 5.14. The highest BCUT2D eigenvalue weighted by atomic mass is 32.2. The van der Waals surface area contributed by atoms with Crippen molar-refractivity contribution in [3.63, 3.8) is 0 Å². The molecule has 15 nitrogen and oxygen atoms in total. The number of hydrogen-bond donors (Lipinski definition) is 3. The number of aromatic nitrogens is 3. The second kappa shape index (κ2) is 15.9. The van der Waals surface area contributed by atoms with Gasteiger partial charge < -0.3 is 25.0 Å². The fourth-order valence-electron chi connectivity index (χ4n) is 8.82. The van der Waals surface area contributed by atoms with E-state index in [1.54, 1.807) is 0 Å². The lowest BCUT2D eigenvalue weighted by Crippen LogP contribution is -2.58. The summed E-state index contributed by atoms with van der Waals surface area (Å²) in [5.41, 5.74) is 1.43. The van der Waals surface area contributed by atoms with E-state index in [-0.39, 0.29) is 25.5 Å². The molecular weight excluding hydrogens is 775 g/mol. The van der Waals surface area contributed by atoms with E-state index in [4.69, 9.17) is 19.4 Å². The average molecular weight is 824 g/mol. The molecule has 2 aliphatic heterocycles. The fourth-order valence-corrected chi connectivity index (χ4v) is 10.2. The van der Waals surface area contributed by atoms with Crippen molar-refractivity contribution >= 4 is 50.6 Å². The number of amides is 4. The molecule has 2 aromatic heterocycles. The number of allylic oxidation sites excluding steroid dienone is 1. The molecule has 3 N–H and O–H groups in total. The molecule has 4 fully saturated rings. The summed E-state index contributed by atoms with van der Waals surface area (Å²) in [7, 11) is -3.90. The summed E-state index contributed by atoms with van der Waals surface area (Å²) >= 11 is 0. The molecule has 2 aromatic carbocycles. The molecular formula is C43H49N7O8S. The Hall–Kier alpha value is -5.51. The summed E-state index contributed by atoms with van der Waals surface area (Å²) in [5.74, 6) is -1.47. The molecule has 3 saturated carbocycles. The molecule has 0 radical (unpaired) electrons.